The second-order valence-electron chi connectivity index (χ2n) is 4.93. The summed E-state index contributed by atoms with van der Waals surface area (Å²) in [7, 11) is 1.34. The molecule has 1 heteroatoms. The van der Waals surface area contributed by atoms with Gasteiger partial charge in [-0.25, -0.2) is 0 Å². The molecule has 74 valence electrons. The summed E-state index contributed by atoms with van der Waals surface area (Å²) in [5, 5.41) is 0. The highest BCUT2D eigenvalue weighted by molar-refractivity contribution is 6.09. The van der Waals surface area contributed by atoms with Crippen LogP contribution in [-0.2, 0) is 0 Å². The Bertz CT molecular complexity index is 103. The lowest BCUT2D eigenvalue weighted by Crippen LogP contribution is -2.37. The Morgan fingerprint density at radius 1 is 0.833 bits per heavy atom. The van der Waals surface area contributed by atoms with E-state index in [2.05, 4.69) is 41.5 Å². The van der Waals surface area contributed by atoms with Crippen molar-refractivity contribution in [1.29, 1.82) is 0 Å². The molecule has 0 aliphatic rings. The van der Waals surface area contributed by atoms with Crippen LogP contribution in [0.4, 0.5) is 0 Å². The van der Waals surface area contributed by atoms with Gasteiger partial charge in [0.25, 0.3) is 0 Å². The van der Waals surface area contributed by atoms with Gasteiger partial charge in [0.15, 0.2) is 0 Å². The first-order valence-corrected chi connectivity index (χ1v) is 6.81. The Morgan fingerprint density at radius 2 is 1.08 bits per heavy atom. The largest absolute Gasteiger partial charge is 0.0622 e. The van der Waals surface area contributed by atoms with Crippen LogP contribution in [0, 0.1) is 23.2 Å². The monoisotopic (exact) mass is 186 g/mol. The minimum Gasteiger partial charge on any atom is -0.0622 e. The van der Waals surface area contributed by atoms with Gasteiger partial charge in [-0.15, -0.1) is 0 Å². The van der Waals surface area contributed by atoms with Crippen LogP contribution in [0.15, 0.2) is 0 Å². The lowest BCUT2D eigenvalue weighted by atomic mass is 9.63. The molecule has 0 aromatic heterocycles. The van der Waals surface area contributed by atoms with E-state index >= 15 is 0 Å². The molecule has 0 unspecified atom stereocenters. The van der Waals surface area contributed by atoms with Crippen LogP contribution in [0.3, 0.4) is 0 Å². The van der Waals surface area contributed by atoms with E-state index in [1.165, 1.54) is 16.3 Å². The topological polar surface area (TPSA) is 0 Å². The van der Waals surface area contributed by atoms with Crippen LogP contribution >= 0.6 is 0 Å². The van der Waals surface area contributed by atoms with Crippen LogP contribution in [0.25, 0.3) is 0 Å². The molecule has 0 heterocycles. The van der Waals surface area contributed by atoms with Crippen molar-refractivity contribution in [3.63, 3.8) is 0 Å². The Labute approximate surface area is 81.6 Å². The summed E-state index contributed by atoms with van der Waals surface area (Å²) in [6.45, 7) is 14.3. The molecule has 0 aromatic carbocycles. The van der Waals surface area contributed by atoms with Crippen molar-refractivity contribution in [3.05, 3.63) is 0 Å². The quantitative estimate of drug-likeness (QED) is 0.592. The molecule has 0 amide bonds. The van der Waals surface area contributed by atoms with Crippen molar-refractivity contribution in [2.24, 2.45) is 23.2 Å². The molecule has 0 radical (unpaired) electrons. The molecule has 0 aliphatic carbocycles. The SMILES string of the molecule is CC(C)C(C[SiH3])(C(C)C)C(C)C. The maximum absolute atomic E-state index is 2.39. The average Bonchev–Trinajstić information content (AvgIpc) is 1.86. The normalized spacial score (nSPS) is 13.8. The fraction of sp³-hybridized carbons (Fsp3) is 1.00. The van der Waals surface area contributed by atoms with Gasteiger partial charge >= 0.3 is 0 Å². The van der Waals surface area contributed by atoms with Gasteiger partial charge in [0.05, 0.1) is 0 Å². The van der Waals surface area contributed by atoms with Crippen LogP contribution in [0.5, 0.6) is 0 Å². The first-order valence-electron chi connectivity index (χ1n) is 5.39. The molecule has 0 saturated heterocycles. The Balaban J connectivity index is 4.77. The van der Waals surface area contributed by atoms with E-state index in [4.69, 9.17) is 0 Å². The lowest BCUT2D eigenvalue weighted by Gasteiger charge is -2.45. The zero-order valence-corrected chi connectivity index (χ0v) is 11.9. The zero-order valence-electron chi connectivity index (χ0n) is 9.94. The van der Waals surface area contributed by atoms with Crippen LogP contribution in [0.2, 0.25) is 6.04 Å². The second-order valence-corrected chi connectivity index (χ2v) is 5.64. The third-order valence-electron chi connectivity index (χ3n) is 3.84. The van der Waals surface area contributed by atoms with E-state index in [0.29, 0.717) is 5.41 Å². The fourth-order valence-electron chi connectivity index (χ4n) is 3.22. The molecule has 12 heavy (non-hydrogen) atoms. The molecule has 0 aromatic rings. The summed E-state index contributed by atoms with van der Waals surface area (Å²) in [5.74, 6) is 2.49. The third kappa shape index (κ3) is 1.93. The molecular formula is C11H26Si. The first kappa shape index (κ1) is 12.2. The van der Waals surface area contributed by atoms with E-state index in [0.717, 1.165) is 17.8 Å². The molecule has 0 rings (SSSR count). The molecular weight excluding hydrogens is 160 g/mol. The van der Waals surface area contributed by atoms with E-state index < -0.39 is 0 Å². The summed E-state index contributed by atoms with van der Waals surface area (Å²) in [6.07, 6.45) is 0. The van der Waals surface area contributed by atoms with Gasteiger partial charge in [0, 0.05) is 10.2 Å². The second kappa shape index (κ2) is 4.45. The van der Waals surface area contributed by atoms with Crippen LogP contribution in [-0.4, -0.2) is 10.2 Å². The van der Waals surface area contributed by atoms with Gasteiger partial charge in [0.1, 0.15) is 0 Å². The smallest absolute Gasteiger partial charge is 0.00354 e. The summed E-state index contributed by atoms with van der Waals surface area (Å²) in [5.41, 5.74) is 0.603. The number of rotatable bonds is 4. The molecule has 0 aliphatic heterocycles. The van der Waals surface area contributed by atoms with Crippen molar-refractivity contribution in [1.82, 2.24) is 0 Å². The maximum atomic E-state index is 2.39. The van der Waals surface area contributed by atoms with E-state index in [1.807, 2.05) is 0 Å². The average molecular weight is 186 g/mol. The minimum absolute atomic E-state index is 0.603. The highest BCUT2D eigenvalue weighted by atomic mass is 28.1. The number of hydrogen-bond acceptors (Lipinski definition) is 0. The van der Waals surface area contributed by atoms with Crippen molar-refractivity contribution in [2.45, 2.75) is 47.6 Å². The van der Waals surface area contributed by atoms with Gasteiger partial charge in [-0.1, -0.05) is 47.6 Å². The minimum atomic E-state index is 0.603. The summed E-state index contributed by atoms with van der Waals surface area (Å²) < 4.78 is 0. The van der Waals surface area contributed by atoms with Gasteiger partial charge in [0.2, 0.25) is 0 Å². The zero-order chi connectivity index (χ0) is 9.94. The molecule has 0 N–H and O–H groups in total. The molecule has 0 spiro atoms. The standard InChI is InChI=1S/C11H26Si/c1-8(2)11(7-12,9(3)4)10(5)6/h8-10H,7H2,1-6,12H3. The van der Waals surface area contributed by atoms with Crippen molar-refractivity contribution in [2.75, 3.05) is 0 Å². The highest BCUT2D eigenvalue weighted by Gasteiger charge is 2.37. The van der Waals surface area contributed by atoms with Crippen molar-refractivity contribution >= 4 is 10.2 Å². The van der Waals surface area contributed by atoms with Gasteiger partial charge in [-0.2, -0.15) is 0 Å². The van der Waals surface area contributed by atoms with Crippen molar-refractivity contribution in [3.8, 4) is 0 Å². The van der Waals surface area contributed by atoms with Crippen molar-refractivity contribution < 1.29 is 0 Å². The summed E-state index contributed by atoms with van der Waals surface area (Å²) in [6, 6.07) is 1.44. The lowest BCUT2D eigenvalue weighted by molar-refractivity contribution is 0.0741. The Hall–Kier alpha value is 0.217. The maximum Gasteiger partial charge on any atom is 0.00354 e. The Kier molecular flexibility index (Phi) is 4.53. The van der Waals surface area contributed by atoms with E-state index in [9.17, 15) is 0 Å². The molecule has 0 bridgehead atoms. The predicted octanol–water partition coefficient (Wildman–Crippen LogP) is 2.72. The molecule has 0 atom stereocenters. The predicted molar refractivity (Wildman–Crippen MR) is 61.7 cm³/mol. The van der Waals surface area contributed by atoms with Gasteiger partial charge in [-0.05, 0) is 23.2 Å². The fourth-order valence-corrected chi connectivity index (χ4v) is 5.67. The van der Waals surface area contributed by atoms with Gasteiger partial charge < -0.3 is 0 Å². The highest BCUT2D eigenvalue weighted by Crippen LogP contribution is 2.45. The van der Waals surface area contributed by atoms with Gasteiger partial charge in [-0.3, -0.25) is 0 Å². The molecule has 0 saturated carbocycles. The first-order chi connectivity index (χ1) is 5.39. The third-order valence-corrected chi connectivity index (χ3v) is 5.06. The van der Waals surface area contributed by atoms with Crippen LogP contribution < -0.4 is 0 Å². The van der Waals surface area contributed by atoms with E-state index in [1.54, 1.807) is 0 Å². The Morgan fingerprint density at radius 3 is 1.08 bits per heavy atom. The molecule has 0 nitrogen and oxygen atoms in total. The molecule has 0 fully saturated rings. The van der Waals surface area contributed by atoms with Crippen LogP contribution in [0.1, 0.15) is 41.5 Å². The summed E-state index contributed by atoms with van der Waals surface area (Å²) in [4.78, 5) is 0. The van der Waals surface area contributed by atoms with E-state index in [-0.39, 0.29) is 0 Å². The summed E-state index contributed by atoms with van der Waals surface area (Å²) >= 11 is 0. The number of hydrogen-bond donors (Lipinski definition) is 0.